The van der Waals surface area contributed by atoms with Crippen LogP contribution in [0.2, 0.25) is 0 Å². The summed E-state index contributed by atoms with van der Waals surface area (Å²) in [7, 11) is 0. The molecule has 1 aromatic heterocycles. The number of nitrogens with one attached hydrogen (secondary N) is 1. The van der Waals surface area contributed by atoms with Gasteiger partial charge >= 0.3 is 5.97 Å². The molecule has 1 atom stereocenters. The summed E-state index contributed by atoms with van der Waals surface area (Å²) in [6, 6.07) is 2.22. The van der Waals surface area contributed by atoms with Gasteiger partial charge in [0, 0.05) is 18.3 Å². The number of hydrogen-bond acceptors (Lipinski definition) is 4. The van der Waals surface area contributed by atoms with E-state index in [2.05, 4.69) is 10.3 Å². The Labute approximate surface area is 105 Å². The fourth-order valence-electron chi connectivity index (χ4n) is 1.52. The summed E-state index contributed by atoms with van der Waals surface area (Å²) < 4.78 is 0. The molecule has 0 spiro atoms. The van der Waals surface area contributed by atoms with Crippen molar-refractivity contribution < 1.29 is 14.7 Å². The fraction of sp³-hybridized carbons (Fsp3) is 0.417. The van der Waals surface area contributed by atoms with E-state index in [0.717, 1.165) is 0 Å². The third-order valence-electron chi connectivity index (χ3n) is 2.47. The molecular weight excluding hydrogens is 234 g/mol. The summed E-state index contributed by atoms with van der Waals surface area (Å²) in [5.41, 5.74) is 6.38. The zero-order valence-electron chi connectivity index (χ0n) is 10.2. The Morgan fingerprint density at radius 1 is 1.56 bits per heavy atom. The van der Waals surface area contributed by atoms with Crippen LogP contribution in [0.5, 0.6) is 0 Å². The molecule has 6 nitrogen and oxygen atoms in total. The Balaban J connectivity index is 2.76. The summed E-state index contributed by atoms with van der Waals surface area (Å²) in [4.78, 5) is 26.8. The van der Waals surface area contributed by atoms with E-state index in [1.807, 2.05) is 6.92 Å². The Morgan fingerprint density at radius 3 is 2.83 bits per heavy atom. The Hall–Kier alpha value is -1.95. The highest BCUT2D eigenvalue weighted by molar-refractivity contribution is 5.96. The molecule has 1 aromatic rings. The molecule has 0 aliphatic heterocycles. The standard InChI is InChI=1S/C12H17N3O3/c1-2-3-10(12(17)18)15-11(16)8-4-5-14-9(6-8)7-13/h4-6,10H,2-3,7,13H2,1H3,(H,15,16)(H,17,18)/t10-/m0/s1. The summed E-state index contributed by atoms with van der Waals surface area (Å²) in [6.07, 6.45) is 2.56. The van der Waals surface area contributed by atoms with Gasteiger partial charge in [0.15, 0.2) is 0 Å². The van der Waals surface area contributed by atoms with Gasteiger partial charge in [0.25, 0.3) is 5.91 Å². The van der Waals surface area contributed by atoms with Crippen LogP contribution in [0.1, 0.15) is 35.8 Å². The van der Waals surface area contributed by atoms with E-state index in [9.17, 15) is 9.59 Å². The lowest BCUT2D eigenvalue weighted by molar-refractivity contribution is -0.139. The third kappa shape index (κ3) is 3.81. The number of nitrogens with zero attached hydrogens (tertiary/aromatic N) is 1. The van der Waals surface area contributed by atoms with Crippen molar-refractivity contribution in [2.45, 2.75) is 32.4 Å². The van der Waals surface area contributed by atoms with E-state index in [1.165, 1.54) is 12.3 Å². The number of rotatable bonds is 6. The molecule has 98 valence electrons. The van der Waals surface area contributed by atoms with Crippen molar-refractivity contribution >= 4 is 11.9 Å². The van der Waals surface area contributed by atoms with E-state index in [0.29, 0.717) is 24.1 Å². The molecule has 6 heteroatoms. The van der Waals surface area contributed by atoms with Crippen molar-refractivity contribution in [3.8, 4) is 0 Å². The maximum atomic E-state index is 11.9. The lowest BCUT2D eigenvalue weighted by atomic mass is 10.1. The van der Waals surface area contributed by atoms with Crippen LogP contribution in [0.15, 0.2) is 18.3 Å². The van der Waals surface area contributed by atoms with Gasteiger partial charge < -0.3 is 16.2 Å². The first-order valence-electron chi connectivity index (χ1n) is 5.77. The molecule has 0 unspecified atom stereocenters. The smallest absolute Gasteiger partial charge is 0.326 e. The number of carbonyl (C=O) groups excluding carboxylic acids is 1. The average Bonchev–Trinajstić information content (AvgIpc) is 2.38. The number of carboxylic acid groups (broad SMARTS) is 1. The number of aromatic nitrogens is 1. The van der Waals surface area contributed by atoms with Crippen LogP contribution in [-0.4, -0.2) is 28.0 Å². The molecule has 0 bridgehead atoms. The van der Waals surface area contributed by atoms with Gasteiger partial charge in [-0.05, 0) is 18.6 Å². The molecule has 18 heavy (non-hydrogen) atoms. The number of carbonyl (C=O) groups is 2. The van der Waals surface area contributed by atoms with Gasteiger partial charge in [-0.15, -0.1) is 0 Å². The van der Waals surface area contributed by atoms with Crippen molar-refractivity contribution in [1.82, 2.24) is 10.3 Å². The largest absolute Gasteiger partial charge is 0.480 e. The summed E-state index contributed by atoms with van der Waals surface area (Å²) in [5.74, 6) is -1.45. The number of carboxylic acids is 1. The van der Waals surface area contributed by atoms with Crippen LogP contribution in [0.3, 0.4) is 0 Å². The SMILES string of the molecule is CCC[C@H](NC(=O)c1ccnc(CN)c1)C(=O)O. The molecular formula is C12H17N3O3. The second-order valence-corrected chi connectivity index (χ2v) is 3.89. The summed E-state index contributed by atoms with van der Waals surface area (Å²) in [5, 5.41) is 11.4. The normalized spacial score (nSPS) is 11.9. The highest BCUT2D eigenvalue weighted by Gasteiger charge is 2.19. The van der Waals surface area contributed by atoms with E-state index < -0.39 is 17.9 Å². The molecule has 0 fully saturated rings. The number of aliphatic carboxylic acids is 1. The maximum absolute atomic E-state index is 11.9. The van der Waals surface area contributed by atoms with Crippen LogP contribution < -0.4 is 11.1 Å². The summed E-state index contributed by atoms with van der Waals surface area (Å²) in [6.45, 7) is 2.10. The Kier molecular flexibility index (Phi) is 5.26. The zero-order valence-corrected chi connectivity index (χ0v) is 10.2. The molecule has 1 heterocycles. The molecule has 1 amide bonds. The topological polar surface area (TPSA) is 105 Å². The lowest BCUT2D eigenvalue weighted by Crippen LogP contribution is -2.40. The van der Waals surface area contributed by atoms with Crippen molar-refractivity contribution in [3.05, 3.63) is 29.6 Å². The second-order valence-electron chi connectivity index (χ2n) is 3.89. The minimum absolute atomic E-state index is 0.235. The minimum atomic E-state index is -1.03. The quantitative estimate of drug-likeness (QED) is 0.683. The van der Waals surface area contributed by atoms with E-state index in [-0.39, 0.29) is 6.54 Å². The van der Waals surface area contributed by atoms with E-state index in [4.69, 9.17) is 10.8 Å². The van der Waals surface area contributed by atoms with Gasteiger partial charge in [-0.3, -0.25) is 9.78 Å². The predicted molar refractivity (Wildman–Crippen MR) is 65.9 cm³/mol. The highest BCUT2D eigenvalue weighted by atomic mass is 16.4. The van der Waals surface area contributed by atoms with Gasteiger partial charge in [0.05, 0.1) is 5.69 Å². The Morgan fingerprint density at radius 2 is 2.28 bits per heavy atom. The maximum Gasteiger partial charge on any atom is 0.326 e. The average molecular weight is 251 g/mol. The zero-order chi connectivity index (χ0) is 13.5. The predicted octanol–water partition coefficient (Wildman–Crippen LogP) is 0.523. The van der Waals surface area contributed by atoms with Crippen LogP contribution >= 0.6 is 0 Å². The molecule has 1 rings (SSSR count). The Bertz CT molecular complexity index is 434. The number of pyridine rings is 1. The van der Waals surface area contributed by atoms with Gasteiger partial charge in [0.1, 0.15) is 6.04 Å². The first-order chi connectivity index (χ1) is 8.58. The minimum Gasteiger partial charge on any atom is -0.480 e. The van der Waals surface area contributed by atoms with Crippen LogP contribution in [0.25, 0.3) is 0 Å². The number of nitrogens with two attached hydrogens (primary N) is 1. The molecule has 0 aliphatic rings. The van der Waals surface area contributed by atoms with Gasteiger partial charge in [0.2, 0.25) is 0 Å². The number of hydrogen-bond donors (Lipinski definition) is 3. The van der Waals surface area contributed by atoms with Gasteiger partial charge in [-0.1, -0.05) is 13.3 Å². The van der Waals surface area contributed by atoms with Crippen molar-refractivity contribution in [2.24, 2.45) is 5.73 Å². The van der Waals surface area contributed by atoms with Crippen molar-refractivity contribution in [1.29, 1.82) is 0 Å². The van der Waals surface area contributed by atoms with Gasteiger partial charge in [-0.25, -0.2) is 4.79 Å². The monoisotopic (exact) mass is 251 g/mol. The first-order valence-corrected chi connectivity index (χ1v) is 5.77. The second kappa shape index (κ2) is 6.70. The lowest BCUT2D eigenvalue weighted by Gasteiger charge is -2.13. The molecule has 0 aromatic carbocycles. The fourth-order valence-corrected chi connectivity index (χ4v) is 1.52. The molecule has 0 saturated carbocycles. The molecule has 0 aliphatic carbocycles. The van der Waals surface area contributed by atoms with Crippen LogP contribution in [0.4, 0.5) is 0 Å². The van der Waals surface area contributed by atoms with Crippen molar-refractivity contribution in [3.63, 3.8) is 0 Å². The molecule has 0 saturated heterocycles. The van der Waals surface area contributed by atoms with Crippen molar-refractivity contribution in [2.75, 3.05) is 0 Å². The summed E-state index contributed by atoms with van der Waals surface area (Å²) >= 11 is 0. The van der Waals surface area contributed by atoms with Crippen LogP contribution in [-0.2, 0) is 11.3 Å². The van der Waals surface area contributed by atoms with E-state index >= 15 is 0 Å². The highest BCUT2D eigenvalue weighted by Crippen LogP contribution is 2.04. The third-order valence-corrected chi connectivity index (χ3v) is 2.47. The first kappa shape index (κ1) is 14.1. The van der Waals surface area contributed by atoms with E-state index in [1.54, 1.807) is 6.07 Å². The van der Waals surface area contributed by atoms with Gasteiger partial charge in [-0.2, -0.15) is 0 Å². The molecule has 0 radical (unpaired) electrons. The number of amides is 1. The van der Waals surface area contributed by atoms with Crippen LogP contribution in [0, 0.1) is 0 Å². The molecule has 4 N–H and O–H groups in total.